The van der Waals surface area contributed by atoms with E-state index in [1.807, 2.05) is 24.3 Å². The number of carbonyl (C=O) groups is 1. The third-order valence-corrected chi connectivity index (χ3v) is 3.97. The van der Waals surface area contributed by atoms with Crippen LogP contribution in [0.15, 0.2) is 34.9 Å². The molecule has 0 aliphatic carbocycles. The van der Waals surface area contributed by atoms with E-state index in [4.69, 9.17) is 0 Å². The molecule has 2 aromatic rings. The Morgan fingerprint density at radius 3 is 2.77 bits per heavy atom. The molecule has 0 spiro atoms. The summed E-state index contributed by atoms with van der Waals surface area (Å²) < 4.78 is 1.03. The van der Waals surface area contributed by atoms with Crippen LogP contribution in [0.4, 0.5) is 0 Å². The second kappa shape index (κ2) is 8.10. The van der Waals surface area contributed by atoms with E-state index in [2.05, 4.69) is 38.1 Å². The van der Waals surface area contributed by atoms with Crippen molar-refractivity contribution in [2.75, 3.05) is 0 Å². The van der Waals surface area contributed by atoms with E-state index < -0.39 is 12.0 Å². The van der Waals surface area contributed by atoms with Crippen molar-refractivity contribution in [3.05, 3.63) is 40.8 Å². The van der Waals surface area contributed by atoms with Gasteiger partial charge in [-0.1, -0.05) is 47.8 Å². The molecule has 5 nitrogen and oxygen atoms in total. The van der Waals surface area contributed by atoms with Crippen molar-refractivity contribution in [2.45, 2.75) is 38.8 Å². The zero-order valence-electron chi connectivity index (χ0n) is 12.5. The molecule has 0 fully saturated rings. The molecule has 118 valence electrons. The fourth-order valence-corrected chi connectivity index (χ4v) is 2.43. The van der Waals surface area contributed by atoms with Gasteiger partial charge in [-0.2, -0.15) is 0 Å². The van der Waals surface area contributed by atoms with Gasteiger partial charge in [0.15, 0.2) is 0 Å². The molecule has 0 saturated carbocycles. The van der Waals surface area contributed by atoms with Crippen molar-refractivity contribution in [3.63, 3.8) is 0 Å². The predicted octanol–water partition coefficient (Wildman–Crippen LogP) is 3.57. The van der Waals surface area contributed by atoms with Gasteiger partial charge in [0.05, 0.1) is 18.4 Å². The van der Waals surface area contributed by atoms with Gasteiger partial charge < -0.3 is 10.1 Å². The quantitative estimate of drug-likeness (QED) is 0.668. The minimum atomic E-state index is -0.812. The van der Waals surface area contributed by atoms with E-state index in [0.29, 0.717) is 13.0 Å². The van der Waals surface area contributed by atoms with E-state index in [9.17, 15) is 9.90 Å². The lowest BCUT2D eigenvalue weighted by molar-refractivity contribution is -0.139. The summed E-state index contributed by atoms with van der Waals surface area (Å²) in [6, 6.07) is 7.41. The van der Waals surface area contributed by atoms with Gasteiger partial charge in [-0.05, 0) is 24.1 Å². The summed E-state index contributed by atoms with van der Waals surface area (Å²) in [6.07, 6.45) is 4.28. The summed E-state index contributed by atoms with van der Waals surface area (Å²) >= 11 is 3.41. The molecule has 0 aliphatic rings. The number of nitrogens with one attached hydrogen (secondary N) is 2. The Hall–Kier alpha value is -1.66. The van der Waals surface area contributed by atoms with Gasteiger partial charge in [-0.15, -0.1) is 0 Å². The third kappa shape index (κ3) is 4.68. The third-order valence-electron chi connectivity index (χ3n) is 3.44. The van der Waals surface area contributed by atoms with Gasteiger partial charge in [0.2, 0.25) is 0 Å². The van der Waals surface area contributed by atoms with Crippen molar-refractivity contribution >= 4 is 21.9 Å². The van der Waals surface area contributed by atoms with E-state index >= 15 is 0 Å². The van der Waals surface area contributed by atoms with Gasteiger partial charge in [-0.3, -0.25) is 10.1 Å². The van der Waals surface area contributed by atoms with Crippen LogP contribution in [0, 0.1) is 0 Å². The first-order valence-electron chi connectivity index (χ1n) is 7.36. The molecule has 0 bridgehead atoms. The fourth-order valence-electron chi connectivity index (χ4n) is 2.17. The van der Waals surface area contributed by atoms with Crippen LogP contribution in [0.3, 0.4) is 0 Å². The van der Waals surface area contributed by atoms with E-state index in [1.165, 1.54) is 0 Å². The Labute approximate surface area is 138 Å². The highest BCUT2D eigenvalue weighted by Gasteiger charge is 2.16. The lowest BCUT2D eigenvalue weighted by Gasteiger charge is -2.12. The van der Waals surface area contributed by atoms with Gasteiger partial charge in [0.25, 0.3) is 0 Å². The molecule has 0 radical (unpaired) electrons. The first kappa shape index (κ1) is 16.7. The lowest BCUT2D eigenvalue weighted by Crippen LogP contribution is -2.36. The molecule has 0 saturated heterocycles. The molecular formula is C16H20BrN3O2. The summed E-state index contributed by atoms with van der Waals surface area (Å²) in [4.78, 5) is 18.7. The number of hydrogen-bond acceptors (Lipinski definition) is 3. The maximum absolute atomic E-state index is 11.2. The van der Waals surface area contributed by atoms with Crippen LogP contribution in [-0.2, 0) is 11.3 Å². The number of benzene rings is 1. The average molecular weight is 366 g/mol. The Morgan fingerprint density at radius 1 is 1.41 bits per heavy atom. The summed E-state index contributed by atoms with van der Waals surface area (Å²) in [5.74, 6) is -0.0752. The molecule has 1 heterocycles. The number of aromatic nitrogens is 2. The molecule has 3 N–H and O–H groups in total. The number of aliphatic carboxylic acids is 1. The number of nitrogens with zero attached hydrogens (tertiary/aromatic N) is 1. The highest BCUT2D eigenvalue weighted by Crippen LogP contribution is 2.19. The number of rotatable bonds is 8. The maximum atomic E-state index is 11.2. The second-order valence-electron chi connectivity index (χ2n) is 5.16. The number of H-pyrrole nitrogens is 1. The van der Waals surface area contributed by atoms with Crippen LogP contribution < -0.4 is 5.32 Å². The average Bonchev–Trinajstić information content (AvgIpc) is 2.96. The number of hydrogen-bond donors (Lipinski definition) is 3. The van der Waals surface area contributed by atoms with Gasteiger partial charge in [0, 0.05) is 4.47 Å². The van der Waals surface area contributed by atoms with Crippen molar-refractivity contribution in [3.8, 4) is 11.3 Å². The van der Waals surface area contributed by atoms with Gasteiger partial charge in [0.1, 0.15) is 11.9 Å². The van der Waals surface area contributed by atoms with Crippen molar-refractivity contribution in [2.24, 2.45) is 0 Å². The summed E-state index contributed by atoms with van der Waals surface area (Å²) in [7, 11) is 0. The van der Waals surface area contributed by atoms with Crippen LogP contribution in [0.1, 0.15) is 32.0 Å². The van der Waals surface area contributed by atoms with Crippen molar-refractivity contribution < 1.29 is 9.90 Å². The number of imidazole rings is 1. The molecule has 1 aromatic carbocycles. The molecule has 2 rings (SSSR count). The topological polar surface area (TPSA) is 78.0 Å². The van der Waals surface area contributed by atoms with Gasteiger partial charge in [-0.25, -0.2) is 4.98 Å². The number of aromatic amines is 1. The second-order valence-corrected chi connectivity index (χ2v) is 6.08. The minimum absolute atomic E-state index is 0.414. The van der Waals surface area contributed by atoms with Gasteiger partial charge >= 0.3 is 5.97 Å². The number of carboxylic acid groups (broad SMARTS) is 1. The van der Waals surface area contributed by atoms with Crippen LogP contribution in [0.5, 0.6) is 0 Å². The van der Waals surface area contributed by atoms with E-state index in [0.717, 1.165) is 34.4 Å². The van der Waals surface area contributed by atoms with Crippen molar-refractivity contribution in [1.82, 2.24) is 15.3 Å². The van der Waals surface area contributed by atoms with Crippen LogP contribution >= 0.6 is 15.9 Å². The molecular weight excluding hydrogens is 346 g/mol. The predicted molar refractivity (Wildman–Crippen MR) is 89.5 cm³/mol. The van der Waals surface area contributed by atoms with Crippen LogP contribution in [0.2, 0.25) is 0 Å². The zero-order chi connectivity index (χ0) is 15.9. The normalized spacial score (nSPS) is 12.3. The summed E-state index contributed by atoms with van der Waals surface area (Å²) in [5, 5.41) is 12.2. The summed E-state index contributed by atoms with van der Waals surface area (Å²) in [6.45, 7) is 2.47. The highest BCUT2D eigenvalue weighted by molar-refractivity contribution is 9.10. The summed E-state index contributed by atoms with van der Waals surface area (Å²) in [5.41, 5.74) is 1.97. The fraction of sp³-hybridized carbons (Fsp3) is 0.375. The number of carboxylic acids is 1. The monoisotopic (exact) mass is 365 g/mol. The molecule has 22 heavy (non-hydrogen) atoms. The number of halogens is 1. The first-order chi connectivity index (χ1) is 10.6. The Kier molecular flexibility index (Phi) is 6.15. The van der Waals surface area contributed by atoms with E-state index in [1.54, 1.807) is 6.20 Å². The Balaban J connectivity index is 1.96. The Morgan fingerprint density at radius 2 is 2.14 bits per heavy atom. The maximum Gasteiger partial charge on any atom is 0.320 e. The standard InChI is InChI=1S/C16H20BrN3O2/c1-2-3-4-13(16(21)22)18-10-15-19-9-14(20-15)11-5-7-12(17)8-6-11/h5-9,13,18H,2-4,10H2,1H3,(H,19,20)(H,21,22). The van der Waals surface area contributed by atoms with E-state index in [-0.39, 0.29) is 0 Å². The molecule has 1 unspecified atom stereocenters. The molecule has 0 aliphatic heterocycles. The molecule has 0 amide bonds. The van der Waals surface area contributed by atoms with Crippen LogP contribution in [-0.4, -0.2) is 27.1 Å². The number of unbranched alkanes of at least 4 members (excludes halogenated alkanes) is 1. The smallest absolute Gasteiger partial charge is 0.320 e. The first-order valence-corrected chi connectivity index (χ1v) is 8.15. The minimum Gasteiger partial charge on any atom is -0.480 e. The zero-order valence-corrected chi connectivity index (χ0v) is 14.1. The SMILES string of the molecule is CCCCC(NCc1ncc(-c2ccc(Br)cc2)[nH]1)C(=O)O. The molecule has 1 aromatic heterocycles. The lowest BCUT2D eigenvalue weighted by atomic mass is 10.1. The largest absolute Gasteiger partial charge is 0.480 e. The Bertz CT molecular complexity index is 610. The molecule has 1 atom stereocenters. The van der Waals surface area contributed by atoms with Crippen molar-refractivity contribution in [1.29, 1.82) is 0 Å². The highest BCUT2D eigenvalue weighted by atomic mass is 79.9. The van der Waals surface area contributed by atoms with Crippen LogP contribution in [0.25, 0.3) is 11.3 Å². The molecule has 6 heteroatoms.